The van der Waals surface area contributed by atoms with Crippen molar-refractivity contribution >= 4 is 0 Å². The Bertz CT molecular complexity index is 204. The zero-order valence-electron chi connectivity index (χ0n) is 10.2. The van der Waals surface area contributed by atoms with Crippen LogP contribution in [0.25, 0.3) is 0 Å². The maximum absolute atomic E-state index is 2.70. The summed E-state index contributed by atoms with van der Waals surface area (Å²) in [5.41, 5.74) is 0.531. The van der Waals surface area contributed by atoms with E-state index in [1.54, 1.807) is 0 Å². The first-order chi connectivity index (χ1) is 6.52. The SMILES string of the molecule is CCN1CCC2CC(C(C)(C)C)CC21. The molecule has 3 atom stereocenters. The number of hydrogen-bond acceptors (Lipinski definition) is 1. The third-order valence-electron chi connectivity index (χ3n) is 4.54. The molecule has 1 heterocycles. The predicted molar refractivity (Wildman–Crippen MR) is 61.3 cm³/mol. The Kier molecular flexibility index (Phi) is 2.63. The highest BCUT2D eigenvalue weighted by Gasteiger charge is 2.44. The zero-order chi connectivity index (χ0) is 10.3. The molecular weight excluding hydrogens is 170 g/mol. The van der Waals surface area contributed by atoms with Crippen molar-refractivity contribution < 1.29 is 0 Å². The number of rotatable bonds is 1. The summed E-state index contributed by atoms with van der Waals surface area (Å²) < 4.78 is 0. The standard InChI is InChI=1S/C13H25N/c1-5-14-7-6-10-8-11(9-12(10)14)13(2,3)4/h10-12H,5-9H2,1-4H3. The Balaban J connectivity index is 2.01. The molecule has 2 rings (SSSR count). The van der Waals surface area contributed by atoms with Crippen molar-refractivity contribution in [3.63, 3.8) is 0 Å². The molecule has 3 unspecified atom stereocenters. The maximum atomic E-state index is 2.70. The van der Waals surface area contributed by atoms with E-state index in [0.29, 0.717) is 5.41 Å². The van der Waals surface area contributed by atoms with Gasteiger partial charge in [-0.05, 0) is 49.6 Å². The molecule has 0 amide bonds. The topological polar surface area (TPSA) is 3.24 Å². The van der Waals surface area contributed by atoms with Gasteiger partial charge < -0.3 is 4.90 Å². The molecule has 1 nitrogen and oxygen atoms in total. The Morgan fingerprint density at radius 2 is 1.93 bits per heavy atom. The largest absolute Gasteiger partial charge is 0.300 e. The summed E-state index contributed by atoms with van der Waals surface area (Å²) in [5, 5.41) is 0. The number of hydrogen-bond donors (Lipinski definition) is 0. The van der Waals surface area contributed by atoms with E-state index in [-0.39, 0.29) is 0 Å². The molecule has 0 aromatic rings. The first-order valence-electron chi connectivity index (χ1n) is 6.26. The summed E-state index contributed by atoms with van der Waals surface area (Å²) in [6.45, 7) is 12.2. The van der Waals surface area contributed by atoms with Crippen molar-refractivity contribution in [2.75, 3.05) is 13.1 Å². The van der Waals surface area contributed by atoms with Crippen LogP contribution in [0.4, 0.5) is 0 Å². The van der Waals surface area contributed by atoms with Crippen molar-refractivity contribution in [1.29, 1.82) is 0 Å². The van der Waals surface area contributed by atoms with Crippen molar-refractivity contribution in [2.45, 2.75) is 53.0 Å². The number of fused-ring (bicyclic) bond motifs is 1. The van der Waals surface area contributed by atoms with Crippen molar-refractivity contribution in [3.8, 4) is 0 Å². The Morgan fingerprint density at radius 3 is 2.50 bits per heavy atom. The smallest absolute Gasteiger partial charge is 0.0127 e. The summed E-state index contributed by atoms with van der Waals surface area (Å²) in [5.74, 6) is 1.99. The Morgan fingerprint density at radius 1 is 1.21 bits per heavy atom. The monoisotopic (exact) mass is 195 g/mol. The van der Waals surface area contributed by atoms with Crippen LogP contribution in [0, 0.1) is 17.3 Å². The van der Waals surface area contributed by atoms with Crippen LogP contribution in [0.2, 0.25) is 0 Å². The van der Waals surface area contributed by atoms with Gasteiger partial charge in [0.1, 0.15) is 0 Å². The molecule has 0 radical (unpaired) electrons. The molecule has 0 N–H and O–H groups in total. The van der Waals surface area contributed by atoms with E-state index in [1.165, 1.54) is 32.4 Å². The van der Waals surface area contributed by atoms with Crippen molar-refractivity contribution in [2.24, 2.45) is 17.3 Å². The van der Waals surface area contributed by atoms with Crippen LogP contribution < -0.4 is 0 Å². The molecule has 1 saturated heterocycles. The van der Waals surface area contributed by atoms with Gasteiger partial charge in [0.25, 0.3) is 0 Å². The Labute approximate surface area is 88.9 Å². The second kappa shape index (κ2) is 3.52. The lowest BCUT2D eigenvalue weighted by Crippen LogP contribution is -2.31. The maximum Gasteiger partial charge on any atom is 0.0127 e. The van der Waals surface area contributed by atoms with Crippen LogP contribution >= 0.6 is 0 Å². The second-order valence-electron chi connectivity index (χ2n) is 6.28. The molecule has 1 aliphatic carbocycles. The van der Waals surface area contributed by atoms with Gasteiger partial charge in [0.15, 0.2) is 0 Å². The van der Waals surface area contributed by atoms with Gasteiger partial charge in [0.2, 0.25) is 0 Å². The number of nitrogens with zero attached hydrogens (tertiary/aromatic N) is 1. The van der Waals surface area contributed by atoms with E-state index in [0.717, 1.165) is 17.9 Å². The predicted octanol–water partition coefficient (Wildman–Crippen LogP) is 3.15. The minimum Gasteiger partial charge on any atom is -0.300 e. The van der Waals surface area contributed by atoms with Gasteiger partial charge in [-0.1, -0.05) is 27.7 Å². The van der Waals surface area contributed by atoms with Crippen LogP contribution in [0.3, 0.4) is 0 Å². The summed E-state index contributed by atoms with van der Waals surface area (Å²) in [7, 11) is 0. The Hall–Kier alpha value is -0.0400. The highest BCUT2D eigenvalue weighted by Crippen LogP contribution is 2.47. The van der Waals surface area contributed by atoms with Gasteiger partial charge in [-0.15, -0.1) is 0 Å². The third kappa shape index (κ3) is 1.71. The fourth-order valence-corrected chi connectivity index (χ4v) is 3.46. The normalized spacial score (nSPS) is 39.0. The highest BCUT2D eigenvalue weighted by atomic mass is 15.2. The van der Waals surface area contributed by atoms with E-state index in [2.05, 4.69) is 32.6 Å². The molecule has 0 spiro atoms. The second-order valence-corrected chi connectivity index (χ2v) is 6.28. The zero-order valence-corrected chi connectivity index (χ0v) is 10.2. The molecule has 14 heavy (non-hydrogen) atoms. The van der Waals surface area contributed by atoms with Gasteiger partial charge >= 0.3 is 0 Å². The summed E-state index contributed by atoms with van der Waals surface area (Å²) in [6.07, 6.45) is 4.41. The minimum absolute atomic E-state index is 0.531. The lowest BCUT2D eigenvalue weighted by atomic mass is 9.79. The summed E-state index contributed by atoms with van der Waals surface area (Å²) in [4.78, 5) is 2.70. The number of likely N-dealkylation sites (tertiary alicyclic amines) is 1. The molecule has 0 aromatic heterocycles. The quantitative estimate of drug-likeness (QED) is 0.621. The molecule has 2 fully saturated rings. The highest BCUT2D eigenvalue weighted by molar-refractivity contribution is 4.97. The third-order valence-corrected chi connectivity index (χ3v) is 4.54. The van der Waals surface area contributed by atoms with E-state index >= 15 is 0 Å². The minimum atomic E-state index is 0.531. The average Bonchev–Trinajstić information content (AvgIpc) is 2.58. The first-order valence-corrected chi connectivity index (χ1v) is 6.26. The van der Waals surface area contributed by atoms with Crippen LogP contribution in [-0.2, 0) is 0 Å². The molecule has 2 aliphatic rings. The molecule has 82 valence electrons. The first kappa shape index (κ1) is 10.5. The lowest BCUT2D eigenvalue weighted by molar-refractivity contribution is 0.201. The van der Waals surface area contributed by atoms with Gasteiger partial charge in [0, 0.05) is 6.04 Å². The van der Waals surface area contributed by atoms with E-state index < -0.39 is 0 Å². The van der Waals surface area contributed by atoms with E-state index in [4.69, 9.17) is 0 Å². The van der Waals surface area contributed by atoms with Crippen LogP contribution in [0.1, 0.15) is 47.0 Å². The summed E-state index contributed by atoms with van der Waals surface area (Å²) in [6, 6.07) is 0.934. The molecule has 1 aliphatic heterocycles. The fraction of sp³-hybridized carbons (Fsp3) is 1.00. The summed E-state index contributed by atoms with van der Waals surface area (Å²) >= 11 is 0. The molecular formula is C13H25N. The lowest BCUT2D eigenvalue weighted by Gasteiger charge is -2.29. The van der Waals surface area contributed by atoms with Crippen LogP contribution in [-0.4, -0.2) is 24.0 Å². The van der Waals surface area contributed by atoms with Gasteiger partial charge in [0.05, 0.1) is 0 Å². The fourth-order valence-electron chi connectivity index (χ4n) is 3.46. The van der Waals surface area contributed by atoms with Crippen LogP contribution in [0.5, 0.6) is 0 Å². The van der Waals surface area contributed by atoms with Crippen molar-refractivity contribution in [1.82, 2.24) is 4.90 Å². The van der Waals surface area contributed by atoms with E-state index in [9.17, 15) is 0 Å². The van der Waals surface area contributed by atoms with E-state index in [1.807, 2.05) is 0 Å². The van der Waals surface area contributed by atoms with Gasteiger partial charge in [-0.25, -0.2) is 0 Å². The van der Waals surface area contributed by atoms with Crippen LogP contribution in [0.15, 0.2) is 0 Å². The molecule has 1 heteroatoms. The molecule has 0 bridgehead atoms. The molecule has 0 aromatic carbocycles. The van der Waals surface area contributed by atoms with Gasteiger partial charge in [-0.3, -0.25) is 0 Å². The molecule has 1 saturated carbocycles. The van der Waals surface area contributed by atoms with Crippen molar-refractivity contribution in [3.05, 3.63) is 0 Å². The van der Waals surface area contributed by atoms with Gasteiger partial charge in [-0.2, -0.15) is 0 Å². The average molecular weight is 195 g/mol.